The molecule has 102 valence electrons. The van der Waals surface area contributed by atoms with Gasteiger partial charge < -0.3 is 15.4 Å². The molecule has 2 N–H and O–H groups in total. The Morgan fingerprint density at radius 2 is 2.32 bits per heavy atom. The first-order valence-corrected chi connectivity index (χ1v) is 7.36. The second kappa shape index (κ2) is 5.05. The minimum absolute atomic E-state index is 0.0521. The number of hydrogen-bond donors (Lipinski definition) is 2. The number of benzene rings is 1. The van der Waals surface area contributed by atoms with E-state index in [2.05, 4.69) is 26.6 Å². The molecule has 1 atom stereocenters. The van der Waals surface area contributed by atoms with Gasteiger partial charge in [-0.1, -0.05) is 11.6 Å². The number of rotatable bonds is 2. The van der Waals surface area contributed by atoms with Crippen LogP contribution in [-0.4, -0.2) is 37.2 Å². The fraction of sp³-hybridized carbons (Fsp3) is 0.462. The van der Waals surface area contributed by atoms with Crippen LogP contribution in [0.2, 0.25) is 5.02 Å². The number of carbonyl (C=O) groups excluding carboxylic acids is 1. The van der Waals surface area contributed by atoms with Crippen molar-refractivity contribution < 1.29 is 9.53 Å². The minimum atomic E-state index is -0.118. The van der Waals surface area contributed by atoms with Crippen LogP contribution in [0.1, 0.15) is 16.8 Å². The van der Waals surface area contributed by atoms with Crippen molar-refractivity contribution in [2.24, 2.45) is 0 Å². The van der Waals surface area contributed by atoms with Gasteiger partial charge in [0, 0.05) is 29.0 Å². The molecule has 4 nitrogen and oxygen atoms in total. The summed E-state index contributed by atoms with van der Waals surface area (Å²) in [5.41, 5.74) is 0.504. The summed E-state index contributed by atoms with van der Waals surface area (Å²) in [6.45, 7) is 2.33. The van der Waals surface area contributed by atoms with Crippen molar-refractivity contribution >= 4 is 33.4 Å². The number of halogens is 2. The van der Waals surface area contributed by atoms with Crippen molar-refractivity contribution in [2.45, 2.75) is 18.1 Å². The third-order valence-corrected chi connectivity index (χ3v) is 4.54. The smallest absolute Gasteiger partial charge is 0.252 e. The molecule has 3 rings (SSSR count). The fourth-order valence-corrected chi connectivity index (χ4v) is 3.12. The van der Waals surface area contributed by atoms with Gasteiger partial charge in [-0.25, -0.2) is 0 Å². The molecule has 0 saturated carbocycles. The molecule has 1 amide bonds. The van der Waals surface area contributed by atoms with Crippen LogP contribution in [-0.2, 0) is 4.74 Å². The Kier molecular flexibility index (Phi) is 3.55. The Labute approximate surface area is 125 Å². The summed E-state index contributed by atoms with van der Waals surface area (Å²) in [6, 6.07) is 5.26. The van der Waals surface area contributed by atoms with Crippen LogP contribution in [0.5, 0.6) is 0 Å². The van der Waals surface area contributed by atoms with Gasteiger partial charge in [-0.15, -0.1) is 0 Å². The summed E-state index contributed by atoms with van der Waals surface area (Å²) >= 11 is 9.29. The lowest BCUT2D eigenvalue weighted by Crippen LogP contribution is -2.59. The highest BCUT2D eigenvalue weighted by Gasteiger charge is 2.45. The Bertz CT molecular complexity index is 519. The van der Waals surface area contributed by atoms with Crippen molar-refractivity contribution in [1.82, 2.24) is 10.6 Å². The lowest BCUT2D eigenvalue weighted by atomic mass is 9.92. The lowest BCUT2D eigenvalue weighted by Gasteiger charge is -2.38. The van der Waals surface area contributed by atoms with Gasteiger partial charge in [0.25, 0.3) is 5.91 Å². The Morgan fingerprint density at radius 1 is 1.53 bits per heavy atom. The number of nitrogens with one attached hydrogen (secondary N) is 2. The largest absolute Gasteiger partial charge is 0.370 e. The van der Waals surface area contributed by atoms with Crippen molar-refractivity contribution in [2.75, 3.05) is 19.7 Å². The summed E-state index contributed by atoms with van der Waals surface area (Å²) in [5.74, 6) is -0.118. The molecule has 1 spiro atoms. The Morgan fingerprint density at radius 3 is 2.95 bits per heavy atom. The average molecular weight is 346 g/mol. The third kappa shape index (κ3) is 2.65. The zero-order valence-corrected chi connectivity index (χ0v) is 12.6. The standard InChI is InChI=1S/C13H14BrClN2O2/c14-11-2-1-8(15)3-10(11)12(18)17-9-4-13(19-5-9)6-16-7-13/h1-3,9,16H,4-7H2,(H,17,18). The SMILES string of the molecule is O=C(NC1COC2(CNC2)C1)c1cc(Cl)ccc1Br. The Hall–Kier alpha value is -0.620. The molecule has 1 unspecified atom stereocenters. The number of hydrogen-bond acceptors (Lipinski definition) is 3. The molecule has 2 saturated heterocycles. The normalized spacial score (nSPS) is 24.2. The molecule has 1 aromatic carbocycles. The van der Waals surface area contributed by atoms with Gasteiger partial charge in [0.2, 0.25) is 0 Å². The van der Waals surface area contributed by atoms with Crippen molar-refractivity contribution in [1.29, 1.82) is 0 Å². The van der Waals surface area contributed by atoms with Crippen LogP contribution in [0.3, 0.4) is 0 Å². The molecule has 6 heteroatoms. The number of amides is 1. The molecule has 0 aromatic heterocycles. The van der Waals surface area contributed by atoms with E-state index in [1.807, 2.05) is 0 Å². The van der Waals surface area contributed by atoms with Crippen LogP contribution in [0.25, 0.3) is 0 Å². The topological polar surface area (TPSA) is 50.4 Å². The second-order valence-corrected chi connectivity index (χ2v) is 6.39. The van der Waals surface area contributed by atoms with E-state index in [0.717, 1.165) is 24.0 Å². The second-order valence-electron chi connectivity index (χ2n) is 5.10. The molecule has 1 aromatic rings. The van der Waals surface area contributed by atoms with E-state index in [9.17, 15) is 4.79 Å². The number of carbonyl (C=O) groups is 1. The molecule has 0 radical (unpaired) electrons. The Balaban J connectivity index is 1.67. The predicted molar refractivity (Wildman–Crippen MR) is 76.6 cm³/mol. The zero-order chi connectivity index (χ0) is 13.5. The van der Waals surface area contributed by atoms with Gasteiger partial charge in [0.15, 0.2) is 0 Å². The molecular formula is C13H14BrClN2O2. The van der Waals surface area contributed by atoms with Gasteiger partial charge >= 0.3 is 0 Å². The van der Waals surface area contributed by atoms with E-state index in [-0.39, 0.29) is 17.6 Å². The first kappa shape index (κ1) is 13.4. The van der Waals surface area contributed by atoms with Crippen LogP contribution < -0.4 is 10.6 Å². The fourth-order valence-electron chi connectivity index (χ4n) is 2.52. The van der Waals surface area contributed by atoms with Crippen molar-refractivity contribution in [3.05, 3.63) is 33.3 Å². The van der Waals surface area contributed by atoms with E-state index in [1.165, 1.54) is 0 Å². The van der Waals surface area contributed by atoms with Crippen LogP contribution in [0, 0.1) is 0 Å². The van der Waals surface area contributed by atoms with E-state index < -0.39 is 0 Å². The monoisotopic (exact) mass is 344 g/mol. The highest BCUT2D eigenvalue weighted by Crippen LogP contribution is 2.30. The first-order valence-electron chi connectivity index (χ1n) is 6.19. The summed E-state index contributed by atoms with van der Waals surface area (Å²) in [4.78, 5) is 12.2. The molecule has 19 heavy (non-hydrogen) atoms. The highest BCUT2D eigenvalue weighted by atomic mass is 79.9. The molecule has 2 aliphatic heterocycles. The van der Waals surface area contributed by atoms with E-state index in [4.69, 9.17) is 16.3 Å². The van der Waals surface area contributed by atoms with E-state index in [0.29, 0.717) is 17.2 Å². The third-order valence-electron chi connectivity index (χ3n) is 3.61. The van der Waals surface area contributed by atoms with E-state index in [1.54, 1.807) is 18.2 Å². The predicted octanol–water partition coefficient (Wildman–Crippen LogP) is 1.96. The van der Waals surface area contributed by atoms with Crippen LogP contribution >= 0.6 is 27.5 Å². The van der Waals surface area contributed by atoms with Gasteiger partial charge in [0.1, 0.15) is 0 Å². The van der Waals surface area contributed by atoms with Crippen molar-refractivity contribution in [3.63, 3.8) is 0 Å². The van der Waals surface area contributed by atoms with Gasteiger partial charge in [-0.05, 0) is 34.1 Å². The van der Waals surface area contributed by atoms with Crippen molar-refractivity contribution in [3.8, 4) is 0 Å². The number of ether oxygens (including phenoxy) is 1. The molecule has 0 bridgehead atoms. The molecule has 2 heterocycles. The zero-order valence-electron chi connectivity index (χ0n) is 10.2. The van der Waals surface area contributed by atoms with Crippen LogP contribution in [0.4, 0.5) is 0 Å². The van der Waals surface area contributed by atoms with Gasteiger partial charge in [-0.3, -0.25) is 4.79 Å². The summed E-state index contributed by atoms with van der Waals surface area (Å²) in [7, 11) is 0. The maximum Gasteiger partial charge on any atom is 0.252 e. The van der Waals surface area contributed by atoms with Gasteiger partial charge in [0.05, 0.1) is 23.8 Å². The minimum Gasteiger partial charge on any atom is -0.370 e. The summed E-state index contributed by atoms with van der Waals surface area (Å²) < 4.78 is 6.51. The summed E-state index contributed by atoms with van der Waals surface area (Å²) in [6.07, 6.45) is 0.865. The maximum atomic E-state index is 12.2. The molecule has 2 aliphatic rings. The quantitative estimate of drug-likeness (QED) is 0.861. The van der Waals surface area contributed by atoms with E-state index >= 15 is 0 Å². The maximum absolute atomic E-state index is 12.2. The highest BCUT2D eigenvalue weighted by molar-refractivity contribution is 9.10. The average Bonchev–Trinajstić information content (AvgIpc) is 2.76. The molecular weight excluding hydrogens is 332 g/mol. The lowest BCUT2D eigenvalue weighted by molar-refractivity contribution is -0.0360. The molecule has 0 aliphatic carbocycles. The molecule has 2 fully saturated rings. The van der Waals surface area contributed by atoms with Gasteiger partial charge in [-0.2, -0.15) is 0 Å². The van der Waals surface area contributed by atoms with Crippen LogP contribution in [0.15, 0.2) is 22.7 Å². The first-order chi connectivity index (χ1) is 9.08. The summed E-state index contributed by atoms with van der Waals surface area (Å²) in [5, 5.41) is 6.76.